The number of aryl methyl sites for hydroxylation is 1. The lowest BCUT2D eigenvalue weighted by atomic mass is 10.2. The van der Waals surface area contributed by atoms with Crippen molar-refractivity contribution in [3.8, 4) is 5.75 Å². The van der Waals surface area contributed by atoms with Gasteiger partial charge < -0.3 is 10.5 Å². The maximum Gasteiger partial charge on any atom is 0.280 e. The Morgan fingerprint density at radius 2 is 2.26 bits per heavy atom. The van der Waals surface area contributed by atoms with Crippen molar-refractivity contribution in [2.24, 2.45) is 5.10 Å². The van der Waals surface area contributed by atoms with E-state index in [2.05, 4.69) is 30.8 Å². The quantitative estimate of drug-likeness (QED) is 0.599. The number of halogens is 1. The lowest BCUT2D eigenvalue weighted by Crippen LogP contribution is -2.34. The first-order valence-corrected chi connectivity index (χ1v) is 8.43. The van der Waals surface area contributed by atoms with Crippen LogP contribution >= 0.6 is 27.5 Å². The second-order valence-electron chi connectivity index (χ2n) is 4.90. The number of amides is 1. The van der Waals surface area contributed by atoms with Crippen LogP contribution in [-0.4, -0.2) is 22.1 Å². The van der Waals surface area contributed by atoms with E-state index < -0.39 is 6.10 Å². The number of aromatic nitrogens is 1. The van der Waals surface area contributed by atoms with Gasteiger partial charge in [0, 0.05) is 4.47 Å². The molecule has 0 fully saturated rings. The van der Waals surface area contributed by atoms with Crippen molar-refractivity contribution in [3.63, 3.8) is 0 Å². The normalized spacial score (nSPS) is 12.8. The maximum atomic E-state index is 12.1. The molecule has 0 bridgehead atoms. The van der Waals surface area contributed by atoms with Gasteiger partial charge in [-0.05, 0) is 50.5 Å². The second-order valence-corrected chi connectivity index (χ2v) is 6.62. The van der Waals surface area contributed by atoms with Crippen LogP contribution in [0.15, 0.2) is 33.8 Å². The number of nitrogens with one attached hydrogen (secondary N) is 1. The lowest BCUT2D eigenvalue weighted by Gasteiger charge is -2.13. The SMILES string of the molecule is C/C(=N/NC(=O)[C@H](C)Oc1cccc(Br)c1)c1c(C)nsc1N. The Labute approximate surface area is 147 Å². The smallest absolute Gasteiger partial charge is 0.280 e. The van der Waals surface area contributed by atoms with Crippen LogP contribution in [0, 0.1) is 6.92 Å². The highest BCUT2D eigenvalue weighted by atomic mass is 79.9. The molecule has 0 saturated carbocycles. The van der Waals surface area contributed by atoms with E-state index in [1.165, 1.54) is 11.5 Å². The number of hydrogen-bond acceptors (Lipinski definition) is 6. The molecule has 0 spiro atoms. The third kappa shape index (κ3) is 4.52. The first-order chi connectivity index (χ1) is 10.9. The number of hydrazone groups is 1. The highest BCUT2D eigenvalue weighted by Crippen LogP contribution is 2.21. The molecular weight excluding hydrogens is 380 g/mol. The zero-order chi connectivity index (χ0) is 17.0. The number of ether oxygens (including phenoxy) is 1. The summed E-state index contributed by atoms with van der Waals surface area (Å²) in [6.45, 7) is 5.28. The number of rotatable bonds is 5. The molecule has 1 atom stereocenters. The molecule has 8 heteroatoms. The fraction of sp³-hybridized carbons (Fsp3) is 0.267. The van der Waals surface area contributed by atoms with Gasteiger partial charge in [-0.25, -0.2) is 5.43 Å². The van der Waals surface area contributed by atoms with Gasteiger partial charge in [0.25, 0.3) is 5.91 Å². The van der Waals surface area contributed by atoms with Crippen LogP contribution in [-0.2, 0) is 4.79 Å². The number of carbonyl (C=O) groups excluding carboxylic acids is 1. The Morgan fingerprint density at radius 1 is 1.52 bits per heavy atom. The molecular formula is C15H17BrN4O2S. The molecule has 0 aliphatic heterocycles. The van der Waals surface area contributed by atoms with Crippen molar-refractivity contribution in [1.29, 1.82) is 0 Å². The Morgan fingerprint density at radius 3 is 2.87 bits per heavy atom. The van der Waals surface area contributed by atoms with Gasteiger partial charge in [0.05, 0.1) is 17.0 Å². The third-order valence-electron chi connectivity index (χ3n) is 3.06. The molecule has 23 heavy (non-hydrogen) atoms. The van der Waals surface area contributed by atoms with Gasteiger partial charge in [-0.2, -0.15) is 9.47 Å². The first kappa shape index (κ1) is 17.4. The summed E-state index contributed by atoms with van der Waals surface area (Å²) in [6, 6.07) is 7.29. The standard InChI is InChI=1S/C15H17BrN4O2S/c1-8(13-9(2)20-23-14(13)17)18-19-15(21)10(3)22-12-6-4-5-11(16)7-12/h4-7,10H,17H2,1-3H3,(H,19,21)/b18-8-/t10-/m0/s1. The minimum Gasteiger partial charge on any atom is -0.481 e. The monoisotopic (exact) mass is 396 g/mol. The summed E-state index contributed by atoms with van der Waals surface area (Å²) >= 11 is 4.56. The van der Waals surface area contributed by atoms with Gasteiger partial charge in [0.15, 0.2) is 6.10 Å². The maximum absolute atomic E-state index is 12.1. The molecule has 1 aromatic heterocycles. The summed E-state index contributed by atoms with van der Waals surface area (Å²) in [5.41, 5.74) is 10.5. The predicted octanol–water partition coefficient (Wildman–Crippen LogP) is 3.10. The number of carbonyl (C=O) groups is 1. The van der Waals surface area contributed by atoms with Crippen LogP contribution in [0.2, 0.25) is 0 Å². The van der Waals surface area contributed by atoms with Crippen molar-refractivity contribution in [1.82, 2.24) is 9.80 Å². The minimum atomic E-state index is -0.681. The molecule has 0 aliphatic carbocycles. The van der Waals surface area contributed by atoms with E-state index in [-0.39, 0.29) is 5.91 Å². The molecule has 122 valence electrons. The van der Waals surface area contributed by atoms with E-state index in [0.717, 1.165) is 15.7 Å². The number of hydrogen-bond donors (Lipinski definition) is 2. The van der Waals surface area contributed by atoms with Gasteiger partial charge >= 0.3 is 0 Å². The minimum absolute atomic E-state index is 0.344. The molecule has 3 N–H and O–H groups in total. The third-order valence-corrected chi connectivity index (χ3v) is 4.32. The average Bonchev–Trinajstić information content (AvgIpc) is 2.83. The van der Waals surface area contributed by atoms with E-state index in [9.17, 15) is 4.79 Å². The Hall–Kier alpha value is -1.93. The highest BCUT2D eigenvalue weighted by Gasteiger charge is 2.16. The molecule has 0 aliphatic rings. The number of benzene rings is 1. The average molecular weight is 397 g/mol. The van der Waals surface area contributed by atoms with Crippen LogP contribution in [0.4, 0.5) is 5.00 Å². The van der Waals surface area contributed by atoms with Gasteiger partial charge in [0.2, 0.25) is 0 Å². The van der Waals surface area contributed by atoms with Crippen LogP contribution in [0.25, 0.3) is 0 Å². The van der Waals surface area contributed by atoms with Gasteiger partial charge in [-0.15, -0.1) is 0 Å². The summed E-state index contributed by atoms with van der Waals surface area (Å²) in [7, 11) is 0. The molecule has 2 rings (SSSR count). The highest BCUT2D eigenvalue weighted by molar-refractivity contribution is 9.10. The number of nitrogens with zero attached hydrogens (tertiary/aromatic N) is 2. The van der Waals surface area contributed by atoms with Crippen LogP contribution < -0.4 is 15.9 Å². The van der Waals surface area contributed by atoms with E-state index in [4.69, 9.17) is 10.5 Å². The second kappa shape index (κ2) is 7.56. The molecule has 1 aromatic carbocycles. The van der Waals surface area contributed by atoms with Crippen molar-refractivity contribution in [3.05, 3.63) is 40.0 Å². The summed E-state index contributed by atoms with van der Waals surface area (Å²) in [5.74, 6) is 0.258. The molecule has 0 saturated heterocycles. The number of nitrogens with two attached hydrogens (primary N) is 1. The Kier molecular flexibility index (Phi) is 5.73. The molecule has 2 aromatic rings. The summed E-state index contributed by atoms with van der Waals surface area (Å²) in [6.07, 6.45) is -0.681. The zero-order valence-electron chi connectivity index (χ0n) is 13.0. The largest absolute Gasteiger partial charge is 0.481 e. The fourth-order valence-electron chi connectivity index (χ4n) is 1.91. The lowest BCUT2D eigenvalue weighted by molar-refractivity contribution is -0.127. The van der Waals surface area contributed by atoms with Crippen LogP contribution in [0.3, 0.4) is 0 Å². The van der Waals surface area contributed by atoms with E-state index in [0.29, 0.717) is 16.5 Å². The van der Waals surface area contributed by atoms with Crippen molar-refractivity contribution >= 4 is 44.1 Å². The van der Waals surface area contributed by atoms with Gasteiger partial charge in [0.1, 0.15) is 10.8 Å². The Balaban J connectivity index is 2.00. The number of anilines is 1. The van der Waals surface area contributed by atoms with Gasteiger partial charge in [-0.3, -0.25) is 4.79 Å². The number of nitrogen functional groups attached to an aromatic ring is 1. The van der Waals surface area contributed by atoms with E-state index in [1.807, 2.05) is 19.1 Å². The van der Waals surface area contributed by atoms with E-state index >= 15 is 0 Å². The topological polar surface area (TPSA) is 89.6 Å². The summed E-state index contributed by atoms with van der Waals surface area (Å²) in [4.78, 5) is 12.1. The Bertz CT molecular complexity index is 725. The van der Waals surface area contributed by atoms with Gasteiger partial charge in [-0.1, -0.05) is 22.0 Å². The summed E-state index contributed by atoms with van der Waals surface area (Å²) in [5, 5.41) is 4.66. The van der Waals surface area contributed by atoms with Crippen molar-refractivity contribution in [2.45, 2.75) is 26.9 Å². The summed E-state index contributed by atoms with van der Waals surface area (Å²) < 4.78 is 10.6. The van der Waals surface area contributed by atoms with Crippen molar-refractivity contribution in [2.75, 3.05) is 5.73 Å². The predicted molar refractivity (Wildman–Crippen MR) is 95.8 cm³/mol. The van der Waals surface area contributed by atoms with Crippen molar-refractivity contribution < 1.29 is 9.53 Å². The molecule has 1 amide bonds. The fourth-order valence-corrected chi connectivity index (χ4v) is 3.00. The van der Waals surface area contributed by atoms with Crippen LogP contribution in [0.1, 0.15) is 25.1 Å². The zero-order valence-corrected chi connectivity index (χ0v) is 15.4. The van der Waals surface area contributed by atoms with E-state index in [1.54, 1.807) is 26.0 Å². The molecule has 0 radical (unpaired) electrons. The molecule has 0 unspecified atom stereocenters. The molecule has 1 heterocycles. The van der Waals surface area contributed by atoms with Crippen LogP contribution in [0.5, 0.6) is 5.75 Å². The first-order valence-electron chi connectivity index (χ1n) is 6.87. The molecule has 6 nitrogen and oxygen atoms in total.